The topological polar surface area (TPSA) is 62.5 Å². The smallest absolute Gasteiger partial charge is 0.306 e. The van der Waals surface area contributed by atoms with Gasteiger partial charge < -0.3 is 14.8 Å². The monoisotopic (exact) mass is 245 g/mol. The van der Waals surface area contributed by atoms with Crippen LogP contribution in [0.25, 0.3) is 11.0 Å². The van der Waals surface area contributed by atoms with Gasteiger partial charge in [0.2, 0.25) is 0 Å². The number of carbonyl (C=O) groups is 1. The molecule has 0 saturated heterocycles. The van der Waals surface area contributed by atoms with E-state index in [9.17, 15) is 4.79 Å². The number of rotatable bonds is 4. The Balaban J connectivity index is 1.95. The van der Waals surface area contributed by atoms with Gasteiger partial charge in [0, 0.05) is 17.0 Å². The number of carboxylic acids is 1. The summed E-state index contributed by atoms with van der Waals surface area (Å²) in [6.07, 6.45) is 2.48. The van der Waals surface area contributed by atoms with Crippen LogP contribution in [-0.2, 0) is 4.79 Å². The van der Waals surface area contributed by atoms with E-state index < -0.39 is 5.97 Å². The molecular weight excluding hydrogens is 230 g/mol. The van der Waals surface area contributed by atoms with Crippen LogP contribution in [0.4, 0.5) is 0 Å². The first kappa shape index (κ1) is 11.3. The lowest BCUT2D eigenvalue weighted by atomic mass is 10.0. The largest absolute Gasteiger partial charge is 0.481 e. The zero-order chi connectivity index (χ0) is 12.7. The molecule has 0 radical (unpaired) electrons. The maximum atomic E-state index is 11.0. The number of hydrogen-bond donors (Lipinski definition) is 2. The van der Waals surface area contributed by atoms with Crippen LogP contribution in [0, 0.1) is 11.8 Å². The minimum atomic E-state index is -0.701. The average Bonchev–Trinajstić information content (AvgIpc) is 3.05. The van der Waals surface area contributed by atoms with Crippen LogP contribution in [0.15, 0.2) is 34.9 Å². The lowest BCUT2D eigenvalue weighted by Gasteiger charge is -2.14. The van der Waals surface area contributed by atoms with E-state index in [1.807, 2.05) is 31.3 Å². The second-order valence-electron chi connectivity index (χ2n) is 4.80. The molecule has 2 aromatic rings. The van der Waals surface area contributed by atoms with Crippen molar-refractivity contribution in [1.29, 1.82) is 0 Å². The van der Waals surface area contributed by atoms with Crippen LogP contribution in [0.1, 0.15) is 18.0 Å². The third-order valence-corrected chi connectivity index (χ3v) is 3.74. The molecule has 4 nitrogen and oxygen atoms in total. The zero-order valence-electron chi connectivity index (χ0n) is 10.1. The summed E-state index contributed by atoms with van der Waals surface area (Å²) in [5, 5.41) is 13.3. The molecule has 0 spiro atoms. The molecule has 3 rings (SSSR count). The number of benzene rings is 1. The molecule has 1 aromatic heterocycles. The lowest BCUT2D eigenvalue weighted by Crippen LogP contribution is -2.20. The van der Waals surface area contributed by atoms with Crippen molar-refractivity contribution in [2.45, 2.75) is 12.5 Å². The van der Waals surface area contributed by atoms with Gasteiger partial charge in [0.25, 0.3) is 0 Å². The van der Waals surface area contributed by atoms with Gasteiger partial charge in [0.15, 0.2) is 0 Å². The Morgan fingerprint density at radius 3 is 2.94 bits per heavy atom. The second-order valence-corrected chi connectivity index (χ2v) is 4.80. The van der Waals surface area contributed by atoms with Crippen molar-refractivity contribution in [3.8, 4) is 0 Å². The summed E-state index contributed by atoms with van der Waals surface area (Å²) < 4.78 is 5.52. The molecule has 2 N–H and O–H groups in total. The number of furan rings is 1. The number of nitrogens with one attached hydrogen (secondary N) is 1. The summed E-state index contributed by atoms with van der Waals surface area (Å²) >= 11 is 0. The highest BCUT2D eigenvalue weighted by Crippen LogP contribution is 2.48. The van der Waals surface area contributed by atoms with Gasteiger partial charge in [-0.25, -0.2) is 0 Å². The van der Waals surface area contributed by atoms with Crippen LogP contribution in [0.5, 0.6) is 0 Å². The first-order chi connectivity index (χ1) is 8.72. The number of fused-ring (bicyclic) bond motifs is 1. The predicted octanol–water partition coefficient (Wildman–Crippen LogP) is 2.41. The molecule has 1 aromatic carbocycles. The summed E-state index contributed by atoms with van der Waals surface area (Å²) in [7, 11) is 1.86. The van der Waals surface area contributed by atoms with Gasteiger partial charge in [-0.05, 0) is 25.5 Å². The minimum absolute atomic E-state index is 0.0507. The van der Waals surface area contributed by atoms with Crippen LogP contribution in [0.2, 0.25) is 0 Å². The Morgan fingerprint density at radius 1 is 1.50 bits per heavy atom. The third-order valence-electron chi connectivity index (χ3n) is 3.74. The second kappa shape index (κ2) is 4.14. The highest BCUT2D eigenvalue weighted by atomic mass is 16.4. The van der Waals surface area contributed by atoms with Crippen molar-refractivity contribution in [3.63, 3.8) is 0 Å². The minimum Gasteiger partial charge on any atom is -0.481 e. The van der Waals surface area contributed by atoms with E-state index in [0.717, 1.165) is 23.0 Å². The van der Waals surface area contributed by atoms with Crippen LogP contribution < -0.4 is 5.32 Å². The molecule has 3 unspecified atom stereocenters. The molecule has 0 amide bonds. The van der Waals surface area contributed by atoms with E-state index in [-0.39, 0.29) is 17.9 Å². The number of carboxylic acid groups (broad SMARTS) is 1. The summed E-state index contributed by atoms with van der Waals surface area (Å²) in [4.78, 5) is 11.0. The zero-order valence-corrected chi connectivity index (χ0v) is 10.1. The fourth-order valence-corrected chi connectivity index (χ4v) is 2.71. The highest BCUT2D eigenvalue weighted by molar-refractivity contribution is 5.82. The Bertz CT molecular complexity index is 589. The van der Waals surface area contributed by atoms with Gasteiger partial charge in [-0.1, -0.05) is 18.2 Å². The van der Waals surface area contributed by atoms with E-state index >= 15 is 0 Å². The van der Waals surface area contributed by atoms with Gasteiger partial charge >= 0.3 is 5.97 Å². The molecule has 0 aliphatic heterocycles. The number of para-hydroxylation sites is 1. The maximum absolute atomic E-state index is 11.0. The van der Waals surface area contributed by atoms with E-state index in [1.165, 1.54) is 0 Å². The SMILES string of the molecule is CNC(c1coc2ccccc12)C1CC1C(=O)O. The third kappa shape index (κ3) is 1.69. The molecule has 1 heterocycles. The van der Waals surface area contributed by atoms with E-state index in [4.69, 9.17) is 9.52 Å². The van der Waals surface area contributed by atoms with Gasteiger partial charge in [-0.2, -0.15) is 0 Å². The molecule has 94 valence electrons. The summed E-state index contributed by atoms with van der Waals surface area (Å²) in [6, 6.07) is 7.88. The maximum Gasteiger partial charge on any atom is 0.306 e. The summed E-state index contributed by atoms with van der Waals surface area (Å²) in [5.41, 5.74) is 1.90. The van der Waals surface area contributed by atoms with E-state index in [1.54, 1.807) is 6.26 Å². The van der Waals surface area contributed by atoms with Crippen molar-refractivity contribution in [3.05, 3.63) is 36.1 Å². The first-order valence-corrected chi connectivity index (χ1v) is 6.08. The van der Waals surface area contributed by atoms with Crippen molar-refractivity contribution < 1.29 is 14.3 Å². The van der Waals surface area contributed by atoms with Crippen LogP contribution >= 0.6 is 0 Å². The molecule has 1 aliphatic carbocycles. The average molecular weight is 245 g/mol. The van der Waals surface area contributed by atoms with Crippen molar-refractivity contribution in [1.82, 2.24) is 5.32 Å². The van der Waals surface area contributed by atoms with Crippen LogP contribution in [0.3, 0.4) is 0 Å². The molecule has 1 saturated carbocycles. The van der Waals surface area contributed by atoms with Crippen molar-refractivity contribution in [2.75, 3.05) is 7.05 Å². The fraction of sp³-hybridized carbons (Fsp3) is 0.357. The van der Waals surface area contributed by atoms with Crippen molar-refractivity contribution >= 4 is 16.9 Å². The van der Waals surface area contributed by atoms with Crippen LogP contribution in [-0.4, -0.2) is 18.1 Å². The number of aliphatic carboxylic acids is 1. The lowest BCUT2D eigenvalue weighted by molar-refractivity contribution is -0.138. The molecule has 0 bridgehead atoms. The highest BCUT2D eigenvalue weighted by Gasteiger charge is 2.48. The molecule has 1 aliphatic rings. The Labute approximate surface area is 105 Å². The molecule has 4 heteroatoms. The first-order valence-electron chi connectivity index (χ1n) is 6.08. The van der Waals surface area contributed by atoms with Gasteiger partial charge in [0.05, 0.1) is 12.2 Å². The molecule has 1 fully saturated rings. The molecular formula is C14H15NO3. The van der Waals surface area contributed by atoms with Gasteiger partial charge in [-0.15, -0.1) is 0 Å². The fourth-order valence-electron chi connectivity index (χ4n) is 2.71. The standard InChI is InChI=1S/C14H15NO3/c1-15-13(9-6-10(9)14(16)17)11-7-18-12-5-3-2-4-8(11)12/h2-5,7,9-10,13,15H,6H2,1H3,(H,16,17). The summed E-state index contributed by atoms with van der Waals surface area (Å²) in [5.74, 6) is -0.766. The molecule has 18 heavy (non-hydrogen) atoms. The quantitative estimate of drug-likeness (QED) is 0.868. The predicted molar refractivity (Wildman–Crippen MR) is 67.2 cm³/mol. The number of hydrogen-bond acceptors (Lipinski definition) is 3. The van der Waals surface area contributed by atoms with E-state index in [2.05, 4.69) is 5.32 Å². The van der Waals surface area contributed by atoms with Gasteiger partial charge in [0.1, 0.15) is 5.58 Å². The normalized spacial score (nSPS) is 24.1. The Hall–Kier alpha value is -1.81. The summed E-state index contributed by atoms with van der Waals surface area (Å²) in [6.45, 7) is 0. The molecule has 3 atom stereocenters. The Kier molecular flexibility index (Phi) is 2.59. The van der Waals surface area contributed by atoms with Gasteiger partial charge in [-0.3, -0.25) is 4.79 Å². The van der Waals surface area contributed by atoms with Crippen molar-refractivity contribution in [2.24, 2.45) is 11.8 Å². The van der Waals surface area contributed by atoms with E-state index in [0.29, 0.717) is 0 Å². The Morgan fingerprint density at radius 2 is 2.28 bits per heavy atom.